The summed E-state index contributed by atoms with van der Waals surface area (Å²) in [5, 5.41) is 8.86. The van der Waals surface area contributed by atoms with E-state index in [-0.39, 0.29) is 24.9 Å². The molecule has 1 aliphatic rings. The number of carbonyl (C=O) groups excluding carboxylic acids is 1. The van der Waals surface area contributed by atoms with E-state index in [0.717, 1.165) is 25.7 Å². The zero-order valence-corrected chi connectivity index (χ0v) is 11.5. The van der Waals surface area contributed by atoms with Crippen molar-refractivity contribution < 1.29 is 14.7 Å². The SMILES string of the molecule is O=C(O)CCN(C(=O)c1cccnc1)C1CCCCC1. The van der Waals surface area contributed by atoms with E-state index in [1.54, 1.807) is 29.4 Å². The molecule has 1 amide bonds. The molecule has 1 heterocycles. The number of aliphatic carboxylic acids is 1. The summed E-state index contributed by atoms with van der Waals surface area (Å²) in [5.41, 5.74) is 0.531. The monoisotopic (exact) mass is 276 g/mol. The zero-order chi connectivity index (χ0) is 14.4. The second kappa shape index (κ2) is 7.03. The second-order valence-corrected chi connectivity index (χ2v) is 5.18. The number of aromatic nitrogens is 1. The summed E-state index contributed by atoms with van der Waals surface area (Å²) in [6.07, 6.45) is 8.49. The lowest BCUT2D eigenvalue weighted by atomic mass is 9.93. The van der Waals surface area contributed by atoms with Crippen LogP contribution in [0.2, 0.25) is 0 Å². The van der Waals surface area contributed by atoms with Crippen molar-refractivity contribution in [2.75, 3.05) is 6.54 Å². The molecule has 1 fully saturated rings. The first-order valence-electron chi connectivity index (χ1n) is 7.11. The average Bonchev–Trinajstić information content (AvgIpc) is 2.49. The molecule has 0 radical (unpaired) electrons. The van der Waals surface area contributed by atoms with Crippen molar-refractivity contribution in [3.63, 3.8) is 0 Å². The van der Waals surface area contributed by atoms with Crippen LogP contribution in [-0.2, 0) is 4.79 Å². The van der Waals surface area contributed by atoms with Gasteiger partial charge in [0.25, 0.3) is 5.91 Å². The summed E-state index contributed by atoms with van der Waals surface area (Å²) in [4.78, 5) is 29.0. The van der Waals surface area contributed by atoms with Crippen LogP contribution in [0, 0.1) is 0 Å². The minimum Gasteiger partial charge on any atom is -0.481 e. The predicted octanol–water partition coefficient (Wildman–Crippen LogP) is 2.33. The highest BCUT2D eigenvalue weighted by molar-refractivity contribution is 5.94. The van der Waals surface area contributed by atoms with Crippen LogP contribution in [0.1, 0.15) is 48.9 Å². The summed E-state index contributed by atoms with van der Waals surface area (Å²) in [7, 11) is 0. The first-order valence-corrected chi connectivity index (χ1v) is 7.11. The van der Waals surface area contributed by atoms with Gasteiger partial charge >= 0.3 is 5.97 Å². The molecule has 20 heavy (non-hydrogen) atoms. The number of amides is 1. The van der Waals surface area contributed by atoms with E-state index >= 15 is 0 Å². The van der Waals surface area contributed by atoms with Gasteiger partial charge in [0.05, 0.1) is 12.0 Å². The Kier molecular flexibility index (Phi) is 5.09. The highest BCUT2D eigenvalue weighted by Gasteiger charge is 2.26. The van der Waals surface area contributed by atoms with Gasteiger partial charge in [0.1, 0.15) is 0 Å². The van der Waals surface area contributed by atoms with Gasteiger partial charge in [-0.25, -0.2) is 0 Å². The van der Waals surface area contributed by atoms with Crippen LogP contribution < -0.4 is 0 Å². The van der Waals surface area contributed by atoms with Crippen molar-refractivity contribution in [3.8, 4) is 0 Å². The van der Waals surface area contributed by atoms with Crippen molar-refractivity contribution >= 4 is 11.9 Å². The van der Waals surface area contributed by atoms with Crippen LogP contribution in [0.5, 0.6) is 0 Å². The molecule has 1 aromatic heterocycles. The fourth-order valence-electron chi connectivity index (χ4n) is 2.71. The summed E-state index contributed by atoms with van der Waals surface area (Å²) in [6, 6.07) is 3.62. The topological polar surface area (TPSA) is 70.5 Å². The van der Waals surface area contributed by atoms with Gasteiger partial charge in [-0.3, -0.25) is 14.6 Å². The number of carboxylic acids is 1. The Bertz CT molecular complexity index is 455. The van der Waals surface area contributed by atoms with Crippen LogP contribution in [0.4, 0.5) is 0 Å². The molecule has 5 nitrogen and oxygen atoms in total. The van der Waals surface area contributed by atoms with Gasteiger partial charge < -0.3 is 10.0 Å². The number of carbonyl (C=O) groups is 2. The second-order valence-electron chi connectivity index (χ2n) is 5.18. The Labute approximate surface area is 118 Å². The number of rotatable bonds is 5. The molecule has 1 saturated carbocycles. The standard InChI is InChI=1S/C15H20N2O3/c18-14(19)8-10-17(13-6-2-1-3-7-13)15(20)12-5-4-9-16-11-12/h4-5,9,11,13H,1-3,6-8,10H2,(H,18,19). The highest BCUT2D eigenvalue weighted by Crippen LogP contribution is 2.24. The molecule has 1 aromatic rings. The summed E-state index contributed by atoms with van der Waals surface area (Å²) >= 11 is 0. The number of hydrogen-bond donors (Lipinski definition) is 1. The molecule has 108 valence electrons. The van der Waals surface area contributed by atoms with E-state index < -0.39 is 5.97 Å². The van der Waals surface area contributed by atoms with E-state index in [4.69, 9.17) is 5.11 Å². The predicted molar refractivity (Wildman–Crippen MR) is 74.4 cm³/mol. The lowest BCUT2D eigenvalue weighted by Gasteiger charge is -2.34. The molecule has 1 N–H and O–H groups in total. The van der Waals surface area contributed by atoms with E-state index in [1.165, 1.54) is 6.42 Å². The maximum absolute atomic E-state index is 12.5. The molecule has 1 aliphatic carbocycles. The Morgan fingerprint density at radius 1 is 1.30 bits per heavy atom. The Morgan fingerprint density at radius 2 is 2.05 bits per heavy atom. The van der Waals surface area contributed by atoms with Gasteiger partial charge in [-0.05, 0) is 25.0 Å². The largest absolute Gasteiger partial charge is 0.481 e. The van der Waals surface area contributed by atoms with Crippen LogP contribution >= 0.6 is 0 Å². The molecule has 0 unspecified atom stereocenters. The van der Waals surface area contributed by atoms with Gasteiger partial charge in [0.15, 0.2) is 0 Å². The lowest BCUT2D eigenvalue weighted by Crippen LogP contribution is -2.42. The van der Waals surface area contributed by atoms with E-state index in [9.17, 15) is 9.59 Å². The first-order chi connectivity index (χ1) is 9.68. The van der Waals surface area contributed by atoms with Crippen molar-refractivity contribution in [2.45, 2.75) is 44.6 Å². The molecule has 2 rings (SSSR count). The van der Waals surface area contributed by atoms with Gasteiger partial charge in [-0.1, -0.05) is 19.3 Å². The number of hydrogen-bond acceptors (Lipinski definition) is 3. The average molecular weight is 276 g/mol. The third-order valence-electron chi connectivity index (χ3n) is 3.75. The molecule has 0 bridgehead atoms. The van der Waals surface area contributed by atoms with Gasteiger partial charge in [0, 0.05) is 25.0 Å². The van der Waals surface area contributed by atoms with E-state index in [1.807, 2.05) is 0 Å². The van der Waals surface area contributed by atoms with E-state index in [0.29, 0.717) is 5.56 Å². The van der Waals surface area contributed by atoms with Crippen molar-refractivity contribution in [2.24, 2.45) is 0 Å². The van der Waals surface area contributed by atoms with Crippen LogP contribution in [0.25, 0.3) is 0 Å². The first kappa shape index (κ1) is 14.5. The third-order valence-corrected chi connectivity index (χ3v) is 3.75. The smallest absolute Gasteiger partial charge is 0.305 e. The minimum atomic E-state index is -0.871. The van der Waals surface area contributed by atoms with Crippen molar-refractivity contribution in [3.05, 3.63) is 30.1 Å². The molecule has 0 atom stereocenters. The van der Waals surface area contributed by atoms with Gasteiger partial charge in [-0.2, -0.15) is 0 Å². The summed E-state index contributed by atoms with van der Waals surface area (Å²) in [5.74, 6) is -0.976. The number of carboxylic acid groups (broad SMARTS) is 1. The van der Waals surface area contributed by atoms with Gasteiger partial charge in [0.2, 0.25) is 0 Å². The number of pyridine rings is 1. The zero-order valence-electron chi connectivity index (χ0n) is 11.5. The molecular formula is C15H20N2O3. The lowest BCUT2D eigenvalue weighted by molar-refractivity contribution is -0.137. The van der Waals surface area contributed by atoms with Crippen molar-refractivity contribution in [1.29, 1.82) is 0 Å². The summed E-state index contributed by atoms with van der Waals surface area (Å²) in [6.45, 7) is 0.272. The maximum atomic E-state index is 12.5. The number of nitrogens with zero attached hydrogens (tertiary/aromatic N) is 2. The quantitative estimate of drug-likeness (QED) is 0.896. The van der Waals surface area contributed by atoms with E-state index in [2.05, 4.69) is 4.98 Å². The molecule has 0 aromatic carbocycles. The normalized spacial score (nSPS) is 15.8. The van der Waals surface area contributed by atoms with Crippen LogP contribution in [0.3, 0.4) is 0 Å². The third kappa shape index (κ3) is 3.79. The summed E-state index contributed by atoms with van der Waals surface area (Å²) < 4.78 is 0. The van der Waals surface area contributed by atoms with Gasteiger partial charge in [-0.15, -0.1) is 0 Å². The Morgan fingerprint density at radius 3 is 2.65 bits per heavy atom. The Balaban J connectivity index is 2.12. The molecule has 0 spiro atoms. The molecule has 0 saturated heterocycles. The minimum absolute atomic E-state index is 0.0114. The molecule has 0 aliphatic heterocycles. The molecule has 5 heteroatoms. The fraction of sp³-hybridized carbons (Fsp3) is 0.533. The fourth-order valence-corrected chi connectivity index (χ4v) is 2.71. The highest BCUT2D eigenvalue weighted by atomic mass is 16.4. The van der Waals surface area contributed by atoms with Crippen LogP contribution in [-0.4, -0.2) is 39.5 Å². The molecular weight excluding hydrogens is 256 g/mol. The van der Waals surface area contributed by atoms with Crippen LogP contribution in [0.15, 0.2) is 24.5 Å². The van der Waals surface area contributed by atoms with Crippen molar-refractivity contribution in [1.82, 2.24) is 9.88 Å². The Hall–Kier alpha value is -1.91. The maximum Gasteiger partial charge on any atom is 0.305 e.